The maximum Gasteiger partial charge on any atom is 0.00890 e. The van der Waals surface area contributed by atoms with Crippen LogP contribution in [0, 0.1) is 24.7 Å². The minimum atomic E-state index is 0.898. The number of allylic oxidation sites excluding steroid dienone is 8. The smallest absolute Gasteiger partial charge is 0.00890 e. The lowest BCUT2D eigenvalue weighted by atomic mass is 10.2. The fourth-order valence-electron chi connectivity index (χ4n) is 1.76. The summed E-state index contributed by atoms with van der Waals surface area (Å²) < 4.78 is 0. The zero-order valence-corrected chi connectivity index (χ0v) is 17.8. The van der Waals surface area contributed by atoms with Gasteiger partial charge in [0, 0.05) is 6.42 Å². The fraction of sp³-hybridized carbons (Fsp3) is 0.538. The third-order valence-electron chi connectivity index (χ3n) is 3.10. The van der Waals surface area contributed by atoms with Crippen molar-refractivity contribution in [1.82, 2.24) is 0 Å². The molecule has 0 spiro atoms. The van der Waals surface area contributed by atoms with E-state index in [9.17, 15) is 0 Å². The van der Waals surface area contributed by atoms with E-state index < -0.39 is 0 Å². The highest BCUT2D eigenvalue weighted by Crippen LogP contribution is 1.97. The van der Waals surface area contributed by atoms with Crippen molar-refractivity contribution in [3.05, 3.63) is 48.6 Å². The Morgan fingerprint density at radius 1 is 0.654 bits per heavy atom. The molecule has 0 nitrogen and oxygen atoms in total. The quantitative estimate of drug-likeness (QED) is 0.187. The Balaban J connectivity index is -0.000000354. The maximum atomic E-state index is 5.12. The SMILES string of the molecule is C#CC.C#CCCC/C=C\C/C=C\CC.CC/C=C\C/C=C\CCCC. The van der Waals surface area contributed by atoms with E-state index in [1.807, 2.05) is 0 Å². The highest BCUT2D eigenvalue weighted by atomic mass is 13.8. The highest BCUT2D eigenvalue weighted by Gasteiger charge is 1.78. The molecule has 146 valence electrons. The molecule has 0 N–H and O–H groups in total. The molecule has 0 heterocycles. The van der Waals surface area contributed by atoms with Crippen LogP contribution in [0.15, 0.2) is 48.6 Å². The molecule has 0 aliphatic heterocycles. The molecular formula is C26H42. The number of hydrogen-bond acceptors (Lipinski definition) is 0. The summed E-state index contributed by atoms with van der Waals surface area (Å²) in [5.74, 6) is 4.88. The van der Waals surface area contributed by atoms with Crippen molar-refractivity contribution < 1.29 is 0 Å². The molecule has 0 atom stereocenters. The predicted molar refractivity (Wildman–Crippen MR) is 123 cm³/mol. The van der Waals surface area contributed by atoms with Gasteiger partial charge in [-0.2, -0.15) is 0 Å². The molecule has 0 fully saturated rings. The van der Waals surface area contributed by atoms with Gasteiger partial charge in [-0.1, -0.05) is 82.2 Å². The molecule has 0 aromatic rings. The third-order valence-corrected chi connectivity index (χ3v) is 3.10. The summed E-state index contributed by atoms with van der Waals surface area (Å²) in [6.07, 6.45) is 38.9. The second kappa shape index (κ2) is 34.4. The maximum absolute atomic E-state index is 5.12. The van der Waals surface area contributed by atoms with Crippen LogP contribution < -0.4 is 0 Å². The van der Waals surface area contributed by atoms with Gasteiger partial charge in [-0.05, 0) is 51.9 Å². The minimum Gasteiger partial charge on any atom is -0.120 e. The van der Waals surface area contributed by atoms with Crippen LogP contribution in [0.3, 0.4) is 0 Å². The Bertz CT molecular complexity index is 418. The number of unbranched alkanes of at least 4 members (excludes halogenated alkanes) is 4. The monoisotopic (exact) mass is 354 g/mol. The predicted octanol–water partition coefficient (Wildman–Crippen LogP) is 8.43. The summed E-state index contributed by atoms with van der Waals surface area (Å²) in [4.78, 5) is 0. The average molecular weight is 355 g/mol. The molecule has 0 aromatic heterocycles. The first kappa shape index (κ1) is 28.9. The Hall–Kier alpha value is -1.92. The summed E-state index contributed by atoms with van der Waals surface area (Å²) >= 11 is 0. The third kappa shape index (κ3) is 43.1. The summed E-state index contributed by atoms with van der Waals surface area (Å²) in [6, 6.07) is 0. The van der Waals surface area contributed by atoms with Gasteiger partial charge in [0.05, 0.1) is 0 Å². The van der Waals surface area contributed by atoms with Crippen molar-refractivity contribution in [1.29, 1.82) is 0 Å². The molecule has 0 aliphatic carbocycles. The minimum absolute atomic E-state index is 0.898. The van der Waals surface area contributed by atoms with Crippen LogP contribution in [-0.2, 0) is 0 Å². The van der Waals surface area contributed by atoms with Gasteiger partial charge >= 0.3 is 0 Å². The van der Waals surface area contributed by atoms with Crippen LogP contribution in [-0.4, -0.2) is 0 Å². The Labute approximate surface area is 165 Å². The van der Waals surface area contributed by atoms with Crippen molar-refractivity contribution in [3.63, 3.8) is 0 Å². The van der Waals surface area contributed by atoms with E-state index in [-0.39, 0.29) is 0 Å². The van der Waals surface area contributed by atoms with E-state index >= 15 is 0 Å². The molecular weight excluding hydrogens is 312 g/mol. The van der Waals surface area contributed by atoms with Crippen molar-refractivity contribution in [2.24, 2.45) is 0 Å². The zero-order chi connectivity index (χ0) is 20.1. The van der Waals surface area contributed by atoms with E-state index in [1.165, 1.54) is 19.3 Å². The van der Waals surface area contributed by atoms with Crippen LogP contribution >= 0.6 is 0 Å². The molecule has 0 saturated carbocycles. The summed E-state index contributed by atoms with van der Waals surface area (Å²) in [5.41, 5.74) is 0. The first-order chi connectivity index (χ1) is 12.7. The Kier molecular flexibility index (Phi) is 38.2. The van der Waals surface area contributed by atoms with Crippen molar-refractivity contribution in [2.75, 3.05) is 0 Å². The molecule has 0 amide bonds. The lowest BCUT2D eigenvalue weighted by Crippen LogP contribution is -1.68. The van der Waals surface area contributed by atoms with E-state index in [4.69, 9.17) is 6.42 Å². The summed E-state index contributed by atoms with van der Waals surface area (Å²) in [6.45, 7) is 8.19. The van der Waals surface area contributed by atoms with Gasteiger partial charge in [-0.25, -0.2) is 0 Å². The molecule has 0 aliphatic rings. The molecule has 0 unspecified atom stereocenters. The molecule has 0 radical (unpaired) electrons. The zero-order valence-electron chi connectivity index (χ0n) is 17.8. The first-order valence-corrected chi connectivity index (χ1v) is 10.2. The van der Waals surface area contributed by atoms with Crippen molar-refractivity contribution >= 4 is 0 Å². The van der Waals surface area contributed by atoms with Crippen molar-refractivity contribution in [3.8, 4) is 24.7 Å². The molecule has 0 saturated heterocycles. The number of terminal acetylenes is 2. The topological polar surface area (TPSA) is 0 Å². The van der Waals surface area contributed by atoms with Gasteiger partial charge < -0.3 is 0 Å². The van der Waals surface area contributed by atoms with Crippen molar-refractivity contribution in [2.45, 2.75) is 91.9 Å². The van der Waals surface area contributed by atoms with E-state index in [2.05, 4.69) is 87.6 Å². The Morgan fingerprint density at radius 2 is 1.08 bits per heavy atom. The van der Waals surface area contributed by atoms with Gasteiger partial charge in [-0.3, -0.25) is 0 Å². The van der Waals surface area contributed by atoms with Gasteiger partial charge in [0.2, 0.25) is 0 Å². The van der Waals surface area contributed by atoms with Gasteiger partial charge in [0.1, 0.15) is 0 Å². The van der Waals surface area contributed by atoms with Crippen LogP contribution in [0.4, 0.5) is 0 Å². The van der Waals surface area contributed by atoms with Crippen LogP contribution in [0.5, 0.6) is 0 Å². The largest absolute Gasteiger partial charge is 0.120 e. The van der Waals surface area contributed by atoms with Crippen LogP contribution in [0.25, 0.3) is 0 Å². The van der Waals surface area contributed by atoms with E-state index in [0.717, 1.165) is 44.9 Å². The molecule has 0 rings (SSSR count). The fourth-order valence-corrected chi connectivity index (χ4v) is 1.76. The average Bonchev–Trinajstić information content (AvgIpc) is 2.64. The lowest BCUT2D eigenvalue weighted by molar-refractivity contribution is 0.813. The summed E-state index contributed by atoms with van der Waals surface area (Å²) in [7, 11) is 0. The molecule has 0 heteroatoms. The van der Waals surface area contributed by atoms with Crippen LogP contribution in [0.1, 0.15) is 91.9 Å². The van der Waals surface area contributed by atoms with E-state index in [1.54, 1.807) is 6.92 Å². The van der Waals surface area contributed by atoms with E-state index in [0.29, 0.717) is 0 Å². The molecule has 26 heavy (non-hydrogen) atoms. The standard InChI is InChI=1S/C12H18.C11H20.C3H4/c1-3-5-7-9-11-12-10-8-6-4-2;1-3-5-7-9-11-10-8-6-4-2;1-3-2/h1,6,8,11-12H,4-5,7,9-10H2,2H3;5,7,10-11H,3-4,6,8-9H2,1-2H3;1H,2H3/b8-6-,12-11-;7-5-,11-10-;. The van der Waals surface area contributed by atoms with Gasteiger partial charge in [0.15, 0.2) is 0 Å². The van der Waals surface area contributed by atoms with Gasteiger partial charge in [0.25, 0.3) is 0 Å². The second-order valence-corrected chi connectivity index (χ2v) is 5.70. The number of rotatable bonds is 12. The lowest BCUT2D eigenvalue weighted by Gasteiger charge is -1.86. The molecule has 0 aromatic carbocycles. The van der Waals surface area contributed by atoms with Crippen LogP contribution in [0.2, 0.25) is 0 Å². The highest BCUT2D eigenvalue weighted by molar-refractivity contribution is 4.93. The first-order valence-electron chi connectivity index (χ1n) is 10.2. The second-order valence-electron chi connectivity index (χ2n) is 5.70. The normalized spacial score (nSPS) is 10.4. The summed E-state index contributed by atoms with van der Waals surface area (Å²) in [5, 5.41) is 0. The van der Waals surface area contributed by atoms with Gasteiger partial charge in [-0.15, -0.1) is 24.7 Å². The Morgan fingerprint density at radius 3 is 1.46 bits per heavy atom. The number of hydrogen-bond donors (Lipinski definition) is 0. The molecule has 0 bridgehead atoms.